The molecule has 0 radical (unpaired) electrons. The van der Waals surface area contributed by atoms with Crippen molar-refractivity contribution in [1.82, 2.24) is 0 Å². The molecule has 2 rings (SSSR count). The monoisotopic (exact) mass is 302 g/mol. The third kappa shape index (κ3) is 14.4. The Balaban J connectivity index is -0.000000394. The van der Waals surface area contributed by atoms with Crippen molar-refractivity contribution in [2.45, 2.75) is 55.4 Å². The molecule has 0 aliphatic rings. The lowest BCUT2D eigenvalue weighted by Crippen LogP contribution is -1.62. The van der Waals surface area contributed by atoms with Gasteiger partial charge in [-0.15, -0.1) is 0 Å². The molecule has 0 fully saturated rings. The van der Waals surface area contributed by atoms with Crippen molar-refractivity contribution in [1.29, 1.82) is 0 Å². The predicted octanol–water partition coefficient (Wildman–Crippen LogP) is 8.21. The van der Waals surface area contributed by atoms with E-state index in [1.165, 1.54) is 0 Å². The summed E-state index contributed by atoms with van der Waals surface area (Å²) in [5.41, 5.74) is 1.74. The minimum atomic E-state index is 0.872. The molecule has 124 valence electrons. The van der Waals surface area contributed by atoms with Crippen molar-refractivity contribution in [3.05, 3.63) is 60.7 Å². The van der Waals surface area contributed by atoms with Crippen LogP contribution in [0.25, 0.3) is 0 Å². The first-order valence-electron chi connectivity index (χ1n) is 8.47. The molecule has 0 saturated carbocycles. The normalized spacial score (nSPS) is 7.82. The third-order valence-corrected chi connectivity index (χ3v) is 1.79. The average Bonchev–Trinajstić information content (AvgIpc) is 2.68. The van der Waals surface area contributed by atoms with Gasteiger partial charge in [0, 0.05) is 0 Å². The highest BCUT2D eigenvalue weighted by Gasteiger charge is 1.86. The summed E-state index contributed by atoms with van der Waals surface area (Å²) in [5.74, 6) is 0. The number of hydrogen-bond acceptors (Lipinski definition) is 2. The first-order valence-corrected chi connectivity index (χ1v) is 8.47. The fourth-order valence-electron chi connectivity index (χ4n) is 1.10. The van der Waals surface area contributed by atoms with Crippen LogP contribution >= 0.6 is 0 Å². The largest absolute Gasteiger partial charge is 0.151 e. The Labute approximate surface area is 138 Å². The molecule has 0 aliphatic carbocycles. The van der Waals surface area contributed by atoms with Crippen LogP contribution in [0.2, 0.25) is 0 Å². The molecule has 0 atom stereocenters. The molecule has 0 aromatic heterocycles. The summed E-state index contributed by atoms with van der Waals surface area (Å²) in [6, 6.07) is 19.4. The second kappa shape index (κ2) is 24.1. The maximum absolute atomic E-state index is 4.10. The molecular formula is C20H34N2. The molecule has 2 heteroatoms. The van der Waals surface area contributed by atoms with Crippen LogP contribution in [-0.2, 0) is 0 Å². The van der Waals surface area contributed by atoms with Gasteiger partial charge in [0.2, 0.25) is 0 Å². The molecule has 0 spiro atoms. The van der Waals surface area contributed by atoms with E-state index in [0.717, 1.165) is 11.4 Å². The van der Waals surface area contributed by atoms with E-state index in [0.29, 0.717) is 0 Å². The summed E-state index contributed by atoms with van der Waals surface area (Å²) in [5, 5.41) is 8.20. The van der Waals surface area contributed by atoms with Gasteiger partial charge in [-0.1, -0.05) is 91.8 Å². The predicted molar refractivity (Wildman–Crippen MR) is 102 cm³/mol. The van der Waals surface area contributed by atoms with Crippen LogP contribution in [0.1, 0.15) is 55.4 Å². The van der Waals surface area contributed by atoms with Crippen LogP contribution in [0, 0.1) is 0 Å². The Morgan fingerprint density at radius 2 is 0.636 bits per heavy atom. The molecule has 0 saturated heterocycles. The van der Waals surface area contributed by atoms with E-state index in [1.807, 2.05) is 116 Å². The van der Waals surface area contributed by atoms with Crippen molar-refractivity contribution in [3.63, 3.8) is 0 Å². The molecular weight excluding hydrogens is 268 g/mol. The molecule has 0 unspecified atom stereocenters. The second-order valence-electron chi connectivity index (χ2n) is 2.87. The molecule has 2 aromatic rings. The molecule has 0 N–H and O–H groups in total. The van der Waals surface area contributed by atoms with Crippen molar-refractivity contribution in [2.24, 2.45) is 10.2 Å². The van der Waals surface area contributed by atoms with Crippen LogP contribution in [0.5, 0.6) is 0 Å². The number of rotatable bonds is 2. The topological polar surface area (TPSA) is 24.7 Å². The van der Waals surface area contributed by atoms with E-state index >= 15 is 0 Å². The van der Waals surface area contributed by atoms with Gasteiger partial charge in [-0.2, -0.15) is 10.2 Å². The summed E-state index contributed by atoms with van der Waals surface area (Å²) < 4.78 is 0. The van der Waals surface area contributed by atoms with Crippen molar-refractivity contribution < 1.29 is 0 Å². The fraction of sp³-hybridized carbons (Fsp3) is 0.400. The van der Waals surface area contributed by atoms with Crippen LogP contribution in [0.3, 0.4) is 0 Å². The van der Waals surface area contributed by atoms with E-state index in [-0.39, 0.29) is 0 Å². The van der Waals surface area contributed by atoms with E-state index in [4.69, 9.17) is 0 Å². The number of azo groups is 1. The van der Waals surface area contributed by atoms with Gasteiger partial charge in [-0.05, 0) is 24.3 Å². The van der Waals surface area contributed by atoms with Crippen LogP contribution in [0.15, 0.2) is 70.9 Å². The average molecular weight is 303 g/mol. The molecule has 0 amide bonds. The first-order chi connectivity index (χ1) is 10.9. The zero-order chi connectivity index (χ0) is 17.6. The summed E-state index contributed by atoms with van der Waals surface area (Å²) >= 11 is 0. The van der Waals surface area contributed by atoms with Gasteiger partial charge in [-0.3, -0.25) is 0 Å². The molecule has 0 heterocycles. The summed E-state index contributed by atoms with van der Waals surface area (Å²) in [4.78, 5) is 0. The van der Waals surface area contributed by atoms with Gasteiger partial charge < -0.3 is 0 Å². The van der Waals surface area contributed by atoms with E-state index in [2.05, 4.69) is 10.2 Å². The Morgan fingerprint density at radius 3 is 0.864 bits per heavy atom. The lowest BCUT2D eigenvalue weighted by atomic mass is 10.3. The van der Waals surface area contributed by atoms with Gasteiger partial charge in [-0.25, -0.2) is 0 Å². The molecule has 0 aliphatic heterocycles. The smallest absolute Gasteiger partial charge is 0.0857 e. The lowest BCUT2D eigenvalue weighted by molar-refractivity contribution is 1.23. The van der Waals surface area contributed by atoms with E-state index in [9.17, 15) is 0 Å². The van der Waals surface area contributed by atoms with Gasteiger partial charge >= 0.3 is 0 Å². The fourth-order valence-corrected chi connectivity index (χ4v) is 1.10. The van der Waals surface area contributed by atoms with Gasteiger partial charge in [0.15, 0.2) is 0 Å². The number of hydrogen-bond donors (Lipinski definition) is 0. The Morgan fingerprint density at radius 1 is 0.409 bits per heavy atom. The van der Waals surface area contributed by atoms with Crippen molar-refractivity contribution >= 4 is 11.4 Å². The van der Waals surface area contributed by atoms with Gasteiger partial charge in [0.25, 0.3) is 0 Å². The highest BCUT2D eigenvalue weighted by atomic mass is 15.1. The Bertz CT molecular complexity index is 367. The zero-order valence-corrected chi connectivity index (χ0v) is 15.7. The summed E-state index contributed by atoms with van der Waals surface area (Å²) in [6.07, 6.45) is 0. The minimum Gasteiger partial charge on any atom is -0.151 e. The molecule has 2 nitrogen and oxygen atoms in total. The minimum absolute atomic E-state index is 0.872. The maximum Gasteiger partial charge on any atom is 0.0857 e. The first kappa shape index (κ1) is 25.0. The van der Waals surface area contributed by atoms with E-state index < -0.39 is 0 Å². The van der Waals surface area contributed by atoms with Crippen molar-refractivity contribution in [3.8, 4) is 0 Å². The Hall–Kier alpha value is -1.96. The molecule has 2 aromatic carbocycles. The van der Waals surface area contributed by atoms with Gasteiger partial charge in [0.05, 0.1) is 11.4 Å². The third-order valence-electron chi connectivity index (χ3n) is 1.79. The van der Waals surface area contributed by atoms with E-state index in [1.54, 1.807) is 0 Å². The Kier molecular flexibility index (Phi) is 27.4. The second-order valence-corrected chi connectivity index (χ2v) is 2.87. The highest BCUT2D eigenvalue weighted by Crippen LogP contribution is 2.16. The molecule has 22 heavy (non-hydrogen) atoms. The quantitative estimate of drug-likeness (QED) is 0.499. The molecule has 0 bridgehead atoms. The standard InChI is InChI=1S/C12H10N2.4C2H6/c1-3-7-11(8-4-1)13-14-12-9-5-2-6-10-12;4*1-2/h1-10H;4*1-2H3. The summed E-state index contributed by atoms with van der Waals surface area (Å²) in [6.45, 7) is 16.0. The van der Waals surface area contributed by atoms with Crippen LogP contribution in [-0.4, -0.2) is 0 Å². The van der Waals surface area contributed by atoms with Crippen molar-refractivity contribution in [2.75, 3.05) is 0 Å². The lowest BCUT2D eigenvalue weighted by Gasteiger charge is -1.91. The van der Waals surface area contributed by atoms with Crippen LogP contribution in [0.4, 0.5) is 11.4 Å². The number of benzene rings is 2. The summed E-state index contributed by atoms with van der Waals surface area (Å²) in [7, 11) is 0. The van der Waals surface area contributed by atoms with Gasteiger partial charge in [0.1, 0.15) is 0 Å². The zero-order valence-electron chi connectivity index (χ0n) is 15.7. The maximum atomic E-state index is 4.10. The van der Waals surface area contributed by atoms with Crippen LogP contribution < -0.4 is 0 Å². The number of nitrogens with zero attached hydrogens (tertiary/aromatic N) is 2. The highest BCUT2D eigenvalue weighted by molar-refractivity contribution is 5.39. The SMILES string of the molecule is CC.CC.CC.CC.c1ccc(N=Nc2ccccc2)cc1.